The first-order chi connectivity index (χ1) is 12.2. The van der Waals surface area contributed by atoms with Gasteiger partial charge < -0.3 is 19.7 Å². The summed E-state index contributed by atoms with van der Waals surface area (Å²) in [7, 11) is 1.85. The van der Waals surface area contributed by atoms with Crippen molar-refractivity contribution in [3.8, 4) is 0 Å². The molecular formula is C18H31IN4O2S. The second kappa shape index (κ2) is 10.8. The van der Waals surface area contributed by atoms with Crippen LogP contribution in [-0.2, 0) is 16.0 Å². The summed E-state index contributed by atoms with van der Waals surface area (Å²) in [5.74, 6) is 0.961. The van der Waals surface area contributed by atoms with Crippen molar-refractivity contribution in [2.24, 2.45) is 4.99 Å². The number of ether oxygens (including phenoxy) is 2. The highest BCUT2D eigenvalue weighted by Crippen LogP contribution is 2.19. The van der Waals surface area contributed by atoms with E-state index in [-0.39, 0.29) is 24.0 Å². The summed E-state index contributed by atoms with van der Waals surface area (Å²) >= 11 is 1.75. The van der Waals surface area contributed by atoms with E-state index in [1.165, 1.54) is 11.3 Å². The van der Waals surface area contributed by atoms with Crippen LogP contribution in [0.25, 0.3) is 0 Å². The molecule has 3 rings (SSSR count). The van der Waals surface area contributed by atoms with E-state index in [9.17, 15) is 0 Å². The van der Waals surface area contributed by atoms with E-state index in [4.69, 9.17) is 9.47 Å². The third-order valence-corrected chi connectivity index (χ3v) is 6.04. The van der Waals surface area contributed by atoms with Crippen LogP contribution in [0.2, 0.25) is 0 Å². The first-order valence-electron chi connectivity index (χ1n) is 9.27. The van der Waals surface area contributed by atoms with Crippen molar-refractivity contribution in [1.82, 2.24) is 15.2 Å². The average molecular weight is 494 g/mol. The Kier molecular flexibility index (Phi) is 9.05. The number of nitrogens with zero attached hydrogens (tertiary/aromatic N) is 3. The lowest BCUT2D eigenvalue weighted by molar-refractivity contribution is -0.0367. The third kappa shape index (κ3) is 6.03. The number of aromatic nitrogens is 1. The maximum absolute atomic E-state index is 6.05. The zero-order chi connectivity index (χ0) is 17.6. The molecule has 0 spiro atoms. The van der Waals surface area contributed by atoms with Gasteiger partial charge >= 0.3 is 0 Å². The molecular weight excluding hydrogens is 463 g/mol. The second-order valence-electron chi connectivity index (χ2n) is 6.80. The summed E-state index contributed by atoms with van der Waals surface area (Å²) in [5.41, 5.74) is 1.13. The Morgan fingerprint density at radius 3 is 2.69 bits per heavy atom. The molecule has 3 heterocycles. The number of halogens is 1. The van der Waals surface area contributed by atoms with E-state index in [0.29, 0.717) is 12.2 Å². The Bertz CT molecular complexity index is 562. The number of guanidine groups is 1. The molecule has 1 atom stereocenters. The quantitative estimate of drug-likeness (QED) is 0.388. The summed E-state index contributed by atoms with van der Waals surface area (Å²) in [6.45, 7) is 8.52. The van der Waals surface area contributed by atoms with Crippen LogP contribution >= 0.6 is 35.3 Å². The lowest BCUT2D eigenvalue weighted by atomic mass is 10.1. The van der Waals surface area contributed by atoms with E-state index in [1.54, 1.807) is 11.3 Å². The normalized spacial score (nSPS) is 21.7. The standard InChI is InChI=1S/C18H30N4O2S.HI/c1-13-14(2)25-17(21-13)11-20-18(19-3)22-8-6-15(7-9-22)24-12-16-5-4-10-23-16;/h15-16H,4-12H2,1-3H3,(H,19,20);1H. The Hall–Kier alpha value is -0.450. The highest BCUT2D eigenvalue weighted by molar-refractivity contribution is 14.0. The van der Waals surface area contributed by atoms with Gasteiger partial charge in [-0.2, -0.15) is 0 Å². The van der Waals surface area contributed by atoms with E-state index < -0.39 is 0 Å². The molecule has 1 aromatic rings. The predicted molar refractivity (Wildman–Crippen MR) is 117 cm³/mol. The second-order valence-corrected chi connectivity index (χ2v) is 8.09. The maximum Gasteiger partial charge on any atom is 0.193 e. The van der Waals surface area contributed by atoms with Gasteiger partial charge in [-0.25, -0.2) is 4.98 Å². The van der Waals surface area contributed by atoms with Gasteiger partial charge in [0.05, 0.1) is 31.1 Å². The zero-order valence-electron chi connectivity index (χ0n) is 16.0. The fourth-order valence-electron chi connectivity index (χ4n) is 3.36. The number of thiazole rings is 1. The van der Waals surface area contributed by atoms with Crippen molar-refractivity contribution in [2.45, 2.75) is 58.3 Å². The Balaban J connectivity index is 0.00000243. The van der Waals surface area contributed by atoms with Gasteiger partial charge in [-0.15, -0.1) is 35.3 Å². The van der Waals surface area contributed by atoms with Gasteiger partial charge in [-0.05, 0) is 39.5 Å². The van der Waals surface area contributed by atoms with Gasteiger partial charge in [0.2, 0.25) is 0 Å². The lowest BCUT2D eigenvalue weighted by Crippen LogP contribution is -2.47. The predicted octanol–water partition coefficient (Wildman–Crippen LogP) is 3.11. The number of aryl methyl sites for hydroxylation is 2. The molecule has 0 amide bonds. The third-order valence-electron chi connectivity index (χ3n) is 4.97. The van der Waals surface area contributed by atoms with Gasteiger partial charge in [-0.3, -0.25) is 4.99 Å². The van der Waals surface area contributed by atoms with Gasteiger partial charge in [0.15, 0.2) is 5.96 Å². The highest BCUT2D eigenvalue weighted by Gasteiger charge is 2.24. The van der Waals surface area contributed by atoms with E-state index >= 15 is 0 Å². The van der Waals surface area contributed by atoms with Gasteiger partial charge in [-0.1, -0.05) is 0 Å². The van der Waals surface area contributed by atoms with Gasteiger partial charge in [0, 0.05) is 31.6 Å². The first-order valence-corrected chi connectivity index (χ1v) is 10.1. The van der Waals surface area contributed by atoms with Crippen molar-refractivity contribution in [1.29, 1.82) is 0 Å². The molecule has 1 N–H and O–H groups in total. The fourth-order valence-corrected chi connectivity index (χ4v) is 4.23. The number of hydrogen-bond donors (Lipinski definition) is 1. The summed E-state index contributed by atoms with van der Waals surface area (Å²) in [4.78, 5) is 12.6. The van der Waals surface area contributed by atoms with Crippen LogP contribution in [0, 0.1) is 13.8 Å². The van der Waals surface area contributed by atoms with Crippen molar-refractivity contribution in [3.63, 3.8) is 0 Å². The van der Waals surface area contributed by atoms with Crippen LogP contribution in [0.4, 0.5) is 0 Å². The number of hydrogen-bond acceptors (Lipinski definition) is 5. The molecule has 1 aromatic heterocycles. The smallest absolute Gasteiger partial charge is 0.193 e. The van der Waals surface area contributed by atoms with Crippen LogP contribution in [-0.4, -0.2) is 61.4 Å². The SMILES string of the molecule is CN=C(NCc1nc(C)c(C)s1)N1CCC(OCC2CCCO2)CC1.I. The molecule has 2 aliphatic heterocycles. The molecule has 148 valence electrons. The summed E-state index contributed by atoms with van der Waals surface area (Å²) in [5, 5.41) is 4.57. The number of rotatable bonds is 5. The van der Waals surface area contributed by atoms with Crippen molar-refractivity contribution < 1.29 is 9.47 Å². The largest absolute Gasteiger partial charge is 0.376 e. The lowest BCUT2D eigenvalue weighted by Gasteiger charge is -2.34. The molecule has 6 nitrogen and oxygen atoms in total. The Labute approximate surface area is 177 Å². The molecule has 0 bridgehead atoms. The van der Waals surface area contributed by atoms with Crippen LogP contribution in [0.1, 0.15) is 41.3 Å². The molecule has 0 saturated carbocycles. The fraction of sp³-hybridized carbons (Fsp3) is 0.778. The van der Waals surface area contributed by atoms with Crippen LogP contribution in [0.15, 0.2) is 4.99 Å². The summed E-state index contributed by atoms with van der Waals surface area (Å²) < 4.78 is 11.7. The molecule has 0 radical (unpaired) electrons. The zero-order valence-corrected chi connectivity index (χ0v) is 19.1. The van der Waals surface area contributed by atoms with E-state index in [1.807, 2.05) is 7.05 Å². The van der Waals surface area contributed by atoms with Crippen LogP contribution in [0.3, 0.4) is 0 Å². The Morgan fingerprint density at radius 2 is 2.12 bits per heavy atom. The summed E-state index contributed by atoms with van der Waals surface area (Å²) in [6.07, 6.45) is 5.07. The summed E-state index contributed by atoms with van der Waals surface area (Å²) in [6, 6.07) is 0. The Morgan fingerprint density at radius 1 is 1.35 bits per heavy atom. The minimum Gasteiger partial charge on any atom is -0.376 e. The van der Waals surface area contributed by atoms with E-state index in [0.717, 1.165) is 68.8 Å². The molecule has 0 aliphatic carbocycles. The highest BCUT2D eigenvalue weighted by atomic mass is 127. The van der Waals surface area contributed by atoms with Crippen LogP contribution in [0.5, 0.6) is 0 Å². The molecule has 8 heteroatoms. The topological polar surface area (TPSA) is 59.0 Å². The van der Waals surface area contributed by atoms with Crippen LogP contribution < -0.4 is 5.32 Å². The van der Waals surface area contributed by atoms with Crippen molar-refractivity contribution >= 4 is 41.3 Å². The number of nitrogens with one attached hydrogen (secondary N) is 1. The molecule has 2 saturated heterocycles. The monoisotopic (exact) mass is 494 g/mol. The maximum atomic E-state index is 6.05. The first kappa shape index (κ1) is 21.8. The number of aliphatic imine (C=N–C) groups is 1. The molecule has 2 aliphatic rings. The number of likely N-dealkylation sites (tertiary alicyclic amines) is 1. The molecule has 1 unspecified atom stereocenters. The molecule has 26 heavy (non-hydrogen) atoms. The van der Waals surface area contributed by atoms with Gasteiger partial charge in [0.1, 0.15) is 5.01 Å². The molecule has 2 fully saturated rings. The van der Waals surface area contributed by atoms with Crippen molar-refractivity contribution in [3.05, 3.63) is 15.6 Å². The minimum atomic E-state index is 0. The minimum absolute atomic E-state index is 0. The van der Waals surface area contributed by atoms with E-state index in [2.05, 4.69) is 34.0 Å². The van der Waals surface area contributed by atoms with Gasteiger partial charge in [0.25, 0.3) is 0 Å². The van der Waals surface area contributed by atoms with Crippen molar-refractivity contribution in [2.75, 3.05) is 33.4 Å². The number of piperidine rings is 1. The average Bonchev–Trinajstić information content (AvgIpc) is 3.25. The molecule has 0 aromatic carbocycles.